The molecule has 0 radical (unpaired) electrons. The number of nitrogens with one attached hydrogen (secondary N) is 1. The minimum atomic E-state index is 0.720. The number of piperidine rings is 1. The lowest BCUT2D eigenvalue weighted by Gasteiger charge is -2.40. The van der Waals surface area contributed by atoms with E-state index in [2.05, 4.69) is 24.1 Å². The maximum Gasteiger partial charge on any atom is 0.0198 e. The first kappa shape index (κ1) is 12.9. The Kier molecular flexibility index (Phi) is 3.95. The summed E-state index contributed by atoms with van der Waals surface area (Å²) in [7, 11) is 0. The summed E-state index contributed by atoms with van der Waals surface area (Å²) in [6, 6.07) is 1.49. The van der Waals surface area contributed by atoms with Crippen LogP contribution in [-0.2, 0) is 0 Å². The van der Waals surface area contributed by atoms with Crippen molar-refractivity contribution in [1.82, 2.24) is 10.2 Å². The molecule has 0 aromatic rings. The summed E-state index contributed by atoms with van der Waals surface area (Å²) in [5.41, 5.74) is 0. The Labute approximate surface area is 113 Å². The van der Waals surface area contributed by atoms with Crippen molar-refractivity contribution < 1.29 is 0 Å². The minimum absolute atomic E-state index is 0.720. The van der Waals surface area contributed by atoms with Crippen LogP contribution in [0.4, 0.5) is 0 Å². The summed E-state index contributed by atoms with van der Waals surface area (Å²) >= 11 is 0. The van der Waals surface area contributed by atoms with Gasteiger partial charge in [-0.1, -0.05) is 12.8 Å². The van der Waals surface area contributed by atoms with Gasteiger partial charge in [0.25, 0.3) is 0 Å². The van der Waals surface area contributed by atoms with Crippen LogP contribution in [0.2, 0.25) is 0 Å². The zero-order chi connectivity index (χ0) is 12.5. The summed E-state index contributed by atoms with van der Waals surface area (Å²) in [6.07, 6.45) is 8.91. The van der Waals surface area contributed by atoms with Gasteiger partial charge in [0, 0.05) is 25.2 Å². The maximum atomic E-state index is 3.85. The molecule has 0 spiro atoms. The summed E-state index contributed by atoms with van der Waals surface area (Å²) in [6.45, 7) is 8.64. The smallest absolute Gasteiger partial charge is 0.0198 e. The van der Waals surface area contributed by atoms with Crippen molar-refractivity contribution in [2.45, 2.75) is 64.5 Å². The molecule has 2 atom stereocenters. The SMILES string of the molecule is CC(C)N1CC(CC2CC2)CC(NCC2CC2)C1. The molecule has 3 aliphatic rings. The predicted octanol–water partition coefficient (Wildman–Crippen LogP) is 2.89. The fourth-order valence-electron chi connectivity index (χ4n) is 3.46. The first-order valence-corrected chi connectivity index (χ1v) is 8.18. The van der Waals surface area contributed by atoms with E-state index in [1.54, 1.807) is 0 Å². The second kappa shape index (κ2) is 5.50. The molecule has 0 amide bonds. The van der Waals surface area contributed by atoms with E-state index in [1.165, 1.54) is 58.2 Å². The molecule has 18 heavy (non-hydrogen) atoms. The van der Waals surface area contributed by atoms with E-state index in [4.69, 9.17) is 0 Å². The number of likely N-dealkylation sites (tertiary alicyclic amines) is 1. The Morgan fingerprint density at radius 1 is 1.00 bits per heavy atom. The van der Waals surface area contributed by atoms with Crippen molar-refractivity contribution in [2.24, 2.45) is 17.8 Å². The normalized spacial score (nSPS) is 34.2. The molecule has 2 heteroatoms. The highest BCUT2D eigenvalue weighted by Crippen LogP contribution is 2.38. The lowest BCUT2D eigenvalue weighted by molar-refractivity contribution is 0.104. The highest BCUT2D eigenvalue weighted by molar-refractivity contribution is 4.89. The molecule has 3 rings (SSSR count). The van der Waals surface area contributed by atoms with E-state index in [0.717, 1.165) is 29.8 Å². The average molecular weight is 250 g/mol. The molecule has 2 unspecified atom stereocenters. The number of hydrogen-bond donors (Lipinski definition) is 1. The van der Waals surface area contributed by atoms with E-state index in [0.29, 0.717) is 0 Å². The van der Waals surface area contributed by atoms with Crippen molar-refractivity contribution in [3.8, 4) is 0 Å². The highest BCUT2D eigenvalue weighted by Gasteiger charge is 2.33. The molecule has 0 aromatic heterocycles. The lowest BCUT2D eigenvalue weighted by Crippen LogP contribution is -2.51. The number of rotatable bonds is 6. The lowest BCUT2D eigenvalue weighted by atomic mass is 9.89. The summed E-state index contributed by atoms with van der Waals surface area (Å²) < 4.78 is 0. The third kappa shape index (κ3) is 3.71. The monoisotopic (exact) mass is 250 g/mol. The zero-order valence-electron chi connectivity index (χ0n) is 12.2. The average Bonchev–Trinajstić information content (AvgIpc) is 3.21. The van der Waals surface area contributed by atoms with E-state index in [1.807, 2.05) is 0 Å². The van der Waals surface area contributed by atoms with Crippen molar-refractivity contribution in [3.63, 3.8) is 0 Å². The second-order valence-corrected chi connectivity index (χ2v) is 7.38. The third-order valence-electron chi connectivity index (χ3n) is 5.05. The summed E-state index contributed by atoms with van der Waals surface area (Å²) in [5.74, 6) is 3.07. The fraction of sp³-hybridized carbons (Fsp3) is 1.00. The Bertz CT molecular complexity index is 268. The molecule has 1 aliphatic heterocycles. The molecule has 1 heterocycles. The maximum absolute atomic E-state index is 3.85. The highest BCUT2D eigenvalue weighted by atomic mass is 15.2. The van der Waals surface area contributed by atoms with Crippen molar-refractivity contribution in [1.29, 1.82) is 0 Å². The van der Waals surface area contributed by atoms with E-state index in [-0.39, 0.29) is 0 Å². The van der Waals surface area contributed by atoms with Gasteiger partial charge in [0.15, 0.2) is 0 Å². The quantitative estimate of drug-likeness (QED) is 0.780. The van der Waals surface area contributed by atoms with Gasteiger partial charge in [-0.2, -0.15) is 0 Å². The van der Waals surface area contributed by atoms with Gasteiger partial charge in [0.05, 0.1) is 0 Å². The van der Waals surface area contributed by atoms with Crippen LogP contribution in [0.3, 0.4) is 0 Å². The third-order valence-corrected chi connectivity index (χ3v) is 5.05. The summed E-state index contributed by atoms with van der Waals surface area (Å²) in [5, 5.41) is 3.85. The fourth-order valence-corrected chi connectivity index (χ4v) is 3.46. The topological polar surface area (TPSA) is 15.3 Å². The molecule has 0 aromatic carbocycles. The molecule has 3 fully saturated rings. The Morgan fingerprint density at radius 3 is 2.33 bits per heavy atom. The van der Waals surface area contributed by atoms with Crippen LogP contribution in [-0.4, -0.2) is 36.6 Å². The first-order chi connectivity index (χ1) is 8.70. The Morgan fingerprint density at radius 2 is 1.72 bits per heavy atom. The standard InChI is InChI=1S/C16H30N2/c1-12(2)18-10-15(7-13-3-4-13)8-16(11-18)17-9-14-5-6-14/h12-17H,3-11H2,1-2H3. The largest absolute Gasteiger partial charge is 0.312 e. The van der Waals surface area contributed by atoms with E-state index < -0.39 is 0 Å². The van der Waals surface area contributed by atoms with Crippen LogP contribution in [0.5, 0.6) is 0 Å². The van der Waals surface area contributed by atoms with Crippen LogP contribution in [0.25, 0.3) is 0 Å². The van der Waals surface area contributed by atoms with Gasteiger partial charge in [0.2, 0.25) is 0 Å². The van der Waals surface area contributed by atoms with Gasteiger partial charge in [-0.15, -0.1) is 0 Å². The molecule has 1 N–H and O–H groups in total. The van der Waals surface area contributed by atoms with Gasteiger partial charge >= 0.3 is 0 Å². The molecule has 1 saturated heterocycles. The van der Waals surface area contributed by atoms with Crippen molar-refractivity contribution in [3.05, 3.63) is 0 Å². The van der Waals surface area contributed by atoms with E-state index in [9.17, 15) is 0 Å². The number of nitrogens with zero attached hydrogens (tertiary/aromatic N) is 1. The Hall–Kier alpha value is -0.0800. The van der Waals surface area contributed by atoms with Gasteiger partial charge in [-0.25, -0.2) is 0 Å². The molecule has 2 saturated carbocycles. The van der Waals surface area contributed by atoms with E-state index >= 15 is 0 Å². The van der Waals surface area contributed by atoms with Gasteiger partial charge in [0.1, 0.15) is 0 Å². The zero-order valence-corrected chi connectivity index (χ0v) is 12.2. The summed E-state index contributed by atoms with van der Waals surface area (Å²) in [4.78, 5) is 2.71. The van der Waals surface area contributed by atoms with Gasteiger partial charge in [-0.3, -0.25) is 4.90 Å². The van der Waals surface area contributed by atoms with Gasteiger partial charge < -0.3 is 5.32 Å². The number of hydrogen-bond acceptors (Lipinski definition) is 2. The molecular weight excluding hydrogens is 220 g/mol. The van der Waals surface area contributed by atoms with Crippen LogP contribution in [0.1, 0.15) is 52.4 Å². The molecular formula is C16H30N2. The predicted molar refractivity (Wildman–Crippen MR) is 76.7 cm³/mol. The van der Waals surface area contributed by atoms with Gasteiger partial charge in [-0.05, 0) is 63.8 Å². The van der Waals surface area contributed by atoms with Crippen molar-refractivity contribution in [2.75, 3.05) is 19.6 Å². The van der Waals surface area contributed by atoms with Crippen LogP contribution in [0.15, 0.2) is 0 Å². The minimum Gasteiger partial charge on any atom is -0.312 e. The molecule has 104 valence electrons. The molecule has 2 aliphatic carbocycles. The van der Waals surface area contributed by atoms with Crippen LogP contribution >= 0.6 is 0 Å². The second-order valence-electron chi connectivity index (χ2n) is 7.38. The Balaban J connectivity index is 1.50. The first-order valence-electron chi connectivity index (χ1n) is 8.18. The molecule has 2 nitrogen and oxygen atoms in total. The van der Waals surface area contributed by atoms with Crippen LogP contribution < -0.4 is 5.32 Å². The molecule has 0 bridgehead atoms. The van der Waals surface area contributed by atoms with Crippen molar-refractivity contribution >= 4 is 0 Å². The van der Waals surface area contributed by atoms with Crippen LogP contribution in [0, 0.1) is 17.8 Å².